The molecule has 5 fully saturated rings. The van der Waals surface area contributed by atoms with Crippen molar-refractivity contribution in [1.29, 1.82) is 0 Å². The highest BCUT2D eigenvalue weighted by Gasteiger charge is 2.38. The number of β-amino-alcohol motifs (C(OH)–C–C–N with tert-alkyl or cyclic N) is 2. The van der Waals surface area contributed by atoms with E-state index in [-0.39, 0.29) is 117 Å². The first kappa shape index (κ1) is 91.5. The Labute approximate surface area is 594 Å². The van der Waals surface area contributed by atoms with Crippen LogP contribution in [0.4, 0.5) is 0 Å². The summed E-state index contributed by atoms with van der Waals surface area (Å²) in [5, 5.41) is 23.9. The number of benzene rings is 2. The van der Waals surface area contributed by atoms with Crippen molar-refractivity contribution in [2.75, 3.05) is 91.4 Å². The van der Waals surface area contributed by atoms with Gasteiger partial charge in [-0.2, -0.15) is 0 Å². The van der Waals surface area contributed by atoms with Gasteiger partial charge in [-0.15, -0.1) is 101 Å². The van der Waals surface area contributed by atoms with Gasteiger partial charge in [0, 0.05) is 68.5 Å². The molecule has 2 aromatic carbocycles. The third-order valence-electron chi connectivity index (χ3n) is 15.0. The van der Waals surface area contributed by atoms with E-state index in [4.69, 9.17) is 34.2 Å². The summed E-state index contributed by atoms with van der Waals surface area (Å²) >= 11 is 0. The second kappa shape index (κ2) is 48.4. The number of amides is 3. The van der Waals surface area contributed by atoms with Gasteiger partial charge in [-0.1, -0.05) is 51.0 Å². The maximum atomic E-state index is 11.7. The number of sulfone groups is 2. The van der Waals surface area contributed by atoms with Crippen molar-refractivity contribution in [2.45, 2.75) is 126 Å². The van der Waals surface area contributed by atoms with Crippen molar-refractivity contribution >= 4 is 182 Å². The minimum atomic E-state index is -3.76. The first-order valence-electron chi connectivity index (χ1n) is 29.8. The second-order valence-corrected chi connectivity index (χ2v) is 79.1. The Morgan fingerprint density at radius 2 is 1.02 bits per heavy atom. The van der Waals surface area contributed by atoms with Crippen LogP contribution in [0, 0.1) is 0 Å². The van der Waals surface area contributed by atoms with E-state index in [9.17, 15) is 46.2 Å². The van der Waals surface area contributed by atoms with E-state index in [0.717, 1.165) is 93.6 Å². The number of aliphatic hydroxyl groups is 2. The Morgan fingerprint density at radius 1 is 0.617 bits per heavy atom. The van der Waals surface area contributed by atoms with Crippen molar-refractivity contribution in [2.24, 2.45) is 5.73 Å². The average Bonchev–Trinajstić information content (AvgIpc) is 1.54. The molecule has 0 bridgehead atoms. The predicted octanol–water partition coefficient (Wildman–Crippen LogP) is 11.4. The van der Waals surface area contributed by atoms with Crippen molar-refractivity contribution < 1.29 is 79.5 Å². The summed E-state index contributed by atoms with van der Waals surface area (Å²) in [6.07, 6.45) is 12.7. The van der Waals surface area contributed by atoms with Crippen molar-refractivity contribution in [3.63, 3.8) is 0 Å². The fraction of sp³-hybridized carbons (Fsp3) is 0.630. The Morgan fingerprint density at radius 3 is 1.39 bits per heavy atom. The highest BCUT2D eigenvalue weighted by atomic mass is 35.5. The fourth-order valence-electron chi connectivity index (χ4n) is 10.6. The maximum absolute atomic E-state index is 11.7. The van der Waals surface area contributed by atoms with Crippen LogP contribution in [-0.4, -0.2) is 194 Å². The van der Waals surface area contributed by atoms with Crippen LogP contribution in [0.3, 0.4) is 0 Å². The molecule has 0 spiro atoms. The number of nitrogens with two attached hydrogens (primary N) is 1. The number of hydroxylamine groups is 2. The minimum absolute atomic E-state index is 0. The quantitative estimate of drug-likeness (QED) is 0.0310. The average molecular weight is 1660 g/mol. The van der Waals surface area contributed by atoms with E-state index in [1.807, 2.05) is 30.3 Å². The molecule has 3 amide bonds. The molecule has 40 heteroatoms. The summed E-state index contributed by atoms with van der Waals surface area (Å²) in [5.41, 5.74) is 7.75. The lowest BCUT2D eigenvalue weighted by molar-refractivity contribution is -0.195. The molecule has 0 aromatic heterocycles. The number of hydrogen-bond acceptors (Lipinski definition) is 20. The number of imide groups is 1. The molecule has 3 saturated heterocycles. The molecule has 12 unspecified atom stereocenters. The number of carbonyl (C=O) groups is 4. The molecule has 14 atom stereocenters. The summed E-state index contributed by atoms with van der Waals surface area (Å²) in [5.74, 6) is -2.08. The van der Waals surface area contributed by atoms with Gasteiger partial charge in [-0.3, -0.25) is 24.2 Å². The van der Waals surface area contributed by atoms with Crippen molar-refractivity contribution in [3.05, 3.63) is 71.5 Å². The van der Waals surface area contributed by atoms with E-state index >= 15 is 0 Å². The number of ether oxygens (including phenoxy) is 6. The van der Waals surface area contributed by atoms with Crippen LogP contribution < -0.4 is 30.0 Å². The topological polar surface area (TPSA) is 289 Å². The van der Waals surface area contributed by atoms with E-state index in [2.05, 4.69) is 111 Å². The summed E-state index contributed by atoms with van der Waals surface area (Å²) in [4.78, 5) is 53.9. The molecule has 3 aliphatic heterocycles. The lowest BCUT2D eigenvalue weighted by atomic mass is 9.91. The molecule has 2 aliphatic carbocycles. The van der Waals surface area contributed by atoms with Crippen LogP contribution in [0.2, 0.25) is 0 Å². The SMILES string of the molecule is C=CS(=O)(=O)CC(=O)NCCOc1ccc(CCOC2CCCCC2N2CC[C@@H](O)C2)cc1OC.C=CS(=O)(=O)CC(=O)ON1C(=O)CCC1=O.COc1cc(CCOC2CCCCC2N2CC[C@@H](O)C2)ccc1OCCN.Cl.Cl.PP(P)P(P(P)P)P(P(P)P)P(P)P. The number of carbonyl (C=O) groups excluding carboxylic acids is 4. The van der Waals surface area contributed by atoms with Crippen LogP contribution in [0.25, 0.3) is 0 Å². The van der Waals surface area contributed by atoms with Crippen molar-refractivity contribution in [1.82, 2.24) is 20.2 Å². The number of hydrogen-bond donors (Lipinski definition) is 4. The molecule has 7 rings (SSSR count). The molecular weight excluding hydrogens is 1560 g/mol. The lowest BCUT2D eigenvalue weighted by Crippen LogP contribution is -2.46. The molecule has 5 aliphatic rings. The molecule has 538 valence electrons. The number of rotatable bonds is 31. The van der Waals surface area contributed by atoms with E-state index in [1.165, 1.54) is 37.7 Å². The largest absolute Gasteiger partial charge is 0.493 e. The zero-order valence-corrected chi connectivity index (χ0v) is 71.1. The summed E-state index contributed by atoms with van der Waals surface area (Å²) in [7, 11) is 20.3. The zero-order valence-electron chi connectivity index (χ0n) is 53.3. The van der Waals surface area contributed by atoms with E-state index in [0.29, 0.717) is 60.4 Å². The second-order valence-electron chi connectivity index (χ2n) is 21.8. The van der Waals surface area contributed by atoms with E-state index in [1.54, 1.807) is 14.2 Å². The number of nitrogens with zero attached hydrogens (tertiary/aromatic N) is 3. The third kappa shape index (κ3) is 33.0. The monoisotopic (exact) mass is 1660 g/mol. The number of likely N-dealkylation sites (tertiary alicyclic amines) is 2. The number of nitrogens with one attached hydrogen (secondary N) is 1. The summed E-state index contributed by atoms with van der Waals surface area (Å²) < 4.78 is 79.5. The number of halogens is 2. The molecule has 2 saturated carbocycles. The normalized spacial score (nSPS) is 20.9. The van der Waals surface area contributed by atoms with Gasteiger partial charge in [-0.25, -0.2) is 21.6 Å². The van der Waals surface area contributed by atoms with E-state index < -0.39 is 54.9 Å². The van der Waals surface area contributed by atoms with Gasteiger partial charge in [0.1, 0.15) is 19.0 Å². The molecular formula is C54H99Cl2N5O17P14S2. The van der Waals surface area contributed by atoms with Gasteiger partial charge in [0.05, 0.1) is 58.4 Å². The highest BCUT2D eigenvalue weighted by molar-refractivity contribution is 9.27. The lowest BCUT2D eigenvalue weighted by Gasteiger charge is -2.37. The Balaban J connectivity index is 0.000000452. The van der Waals surface area contributed by atoms with Crippen LogP contribution in [0.5, 0.6) is 23.0 Å². The molecule has 5 N–H and O–H groups in total. The molecule has 94 heavy (non-hydrogen) atoms. The van der Waals surface area contributed by atoms with Gasteiger partial charge >= 0.3 is 5.97 Å². The van der Waals surface area contributed by atoms with Crippen LogP contribution in [0.1, 0.15) is 88.2 Å². The molecule has 22 nitrogen and oxygen atoms in total. The first-order chi connectivity index (χ1) is 43.7. The third-order valence-corrected chi connectivity index (χ3v) is 96.2. The summed E-state index contributed by atoms with van der Waals surface area (Å²) in [6, 6.07) is 12.6. The van der Waals surface area contributed by atoms with Crippen LogP contribution in [-0.2, 0) is 66.0 Å². The van der Waals surface area contributed by atoms with Gasteiger partial charge in [0.25, 0.3) is 11.8 Å². The fourth-order valence-corrected chi connectivity index (χ4v) is 159. The predicted molar refractivity (Wildman–Crippen MR) is 424 cm³/mol. The summed E-state index contributed by atoms with van der Waals surface area (Å²) in [6.45, 7) is 13.0. The first-order valence-corrected chi connectivity index (χ1v) is 57.8. The molecule has 3 heterocycles. The zero-order chi connectivity index (χ0) is 68.1. The minimum Gasteiger partial charge on any atom is -0.493 e. The number of aliphatic hydroxyl groups excluding tert-OH is 2. The standard InChI is InChI=1S/C25H38N2O7S.C21H34N2O4.C8H9NO6S.2ClH.H16P14/c1-3-35(30,31)18-25(29)26-12-15-34-23-9-8-19(16-24(23)32-2)11-14-33-22-7-5-4-6-21(22)27-13-10-20(28)17-27;1-25-21-14-16(6-7-20(21)27-13-10-22)9-12-26-19-5-3-2-4-18(19)23-11-8-17(24)15-23;1-2-16(13,14)5-8(12)15-9-6(10)3-4-7(9)11;;;1-9(2)13(10(3)4)14(11(5)6)12(7)8/h3,8-9,16,20-22,28H,1,4-7,10-15,17-18H2,2H3,(H,26,29);6-7,14,17-19,24H,2-5,8-13,15,22H2,1H3;2H,1,3-5H2;2*1H;1-8H2/t20-,21?,22?;17-,18?,19?;;;;/m11..../s1. The van der Waals surface area contributed by atoms with Gasteiger partial charge in [0.2, 0.25) is 5.91 Å². The van der Waals surface area contributed by atoms with Gasteiger partial charge in [-0.05, 0) is 129 Å². The Bertz CT molecular complexity index is 2850. The van der Waals surface area contributed by atoms with Crippen molar-refractivity contribution in [3.8, 4) is 23.0 Å². The highest BCUT2D eigenvalue weighted by Crippen LogP contribution is 3.21. The number of methoxy groups -OCH3 is 2. The van der Waals surface area contributed by atoms with Crippen LogP contribution >= 0.6 is 138 Å². The maximum Gasteiger partial charge on any atom is 0.348 e. The smallest absolute Gasteiger partial charge is 0.348 e. The Hall–Kier alpha value is 1.42. The molecule has 0 radical (unpaired) electrons. The van der Waals surface area contributed by atoms with Gasteiger partial charge in [0.15, 0.2) is 48.4 Å². The van der Waals surface area contributed by atoms with Crippen LogP contribution in [0.15, 0.2) is 60.4 Å². The van der Waals surface area contributed by atoms with Gasteiger partial charge < -0.3 is 54.5 Å². The molecule has 2 aromatic rings. The Kier molecular flexibility index (Phi) is 47.2.